The molecule has 0 aromatic heterocycles. The number of nitrogens with one attached hydrogen (secondary N) is 2. The van der Waals surface area contributed by atoms with Crippen molar-refractivity contribution in [2.75, 3.05) is 13.7 Å². The summed E-state index contributed by atoms with van der Waals surface area (Å²) in [5.41, 5.74) is -3.28. The zero-order valence-electron chi connectivity index (χ0n) is 25.5. The Balaban J connectivity index is 1.54. The highest BCUT2D eigenvalue weighted by Crippen LogP contribution is 2.52. The lowest BCUT2D eigenvalue weighted by atomic mass is 9.72. The molecule has 2 amide bonds. The maximum Gasteiger partial charge on any atom is 0.315 e. The lowest BCUT2D eigenvalue weighted by molar-refractivity contribution is -0.248. The van der Waals surface area contributed by atoms with E-state index in [4.69, 9.17) is 14.2 Å². The first-order valence-electron chi connectivity index (χ1n) is 15.0. The van der Waals surface area contributed by atoms with Gasteiger partial charge < -0.3 is 45.3 Å². The molecule has 2 aliphatic carbocycles. The SMILES string of the molecule is CCCCNC(=O)N[C@@H]1C[C@@H](O[C@@H]2C[C@](O)(C(C)=O)Cc3c(O)c4c(c(O)c32)C(=O)c2c(OC)cccc2C4=O)O[C@H](C)[C@@H]1O. The standard InChI is InChI=1S/C32H38N2O11/c1-5-6-10-33-31(41)34-18-11-21(44-14(2)26(18)36)45-20-13-32(42,15(3)35)12-17-23(20)30(40)25-24(28(17)38)27(37)16-8-7-9-19(43-4)22(16)29(25)39/h7-9,14,18,20-21,26,36,38,40,42H,5-6,10-13H2,1-4H3,(H2,33,34,41)/t14-,18-,20-,21-,26+,32+/m1/s1. The summed E-state index contributed by atoms with van der Waals surface area (Å²) >= 11 is 0. The van der Waals surface area contributed by atoms with Crippen LogP contribution in [0.3, 0.4) is 0 Å². The number of aliphatic hydroxyl groups is 2. The first-order valence-corrected chi connectivity index (χ1v) is 15.0. The minimum absolute atomic E-state index is 0.0348. The Hall–Kier alpha value is -4.04. The van der Waals surface area contributed by atoms with Gasteiger partial charge in [0.1, 0.15) is 29.0 Å². The van der Waals surface area contributed by atoms with Crippen molar-refractivity contribution in [2.45, 2.75) is 89.1 Å². The zero-order valence-corrected chi connectivity index (χ0v) is 25.5. The molecule has 0 unspecified atom stereocenters. The monoisotopic (exact) mass is 626 g/mol. The second-order valence-corrected chi connectivity index (χ2v) is 11.8. The number of phenols is 2. The van der Waals surface area contributed by atoms with E-state index in [1.54, 1.807) is 6.92 Å². The third-order valence-corrected chi connectivity index (χ3v) is 8.89. The van der Waals surface area contributed by atoms with E-state index in [1.807, 2.05) is 6.92 Å². The lowest BCUT2D eigenvalue weighted by Gasteiger charge is -2.42. The van der Waals surface area contributed by atoms with Gasteiger partial charge in [-0.05, 0) is 26.3 Å². The average Bonchev–Trinajstić information content (AvgIpc) is 2.99. The van der Waals surface area contributed by atoms with Crippen molar-refractivity contribution < 1.29 is 53.8 Å². The number of aromatic hydroxyl groups is 2. The zero-order chi connectivity index (χ0) is 32.8. The minimum atomic E-state index is -2.06. The molecule has 0 saturated carbocycles. The topological polar surface area (TPSA) is 201 Å². The van der Waals surface area contributed by atoms with Crippen molar-refractivity contribution in [1.82, 2.24) is 10.6 Å². The third kappa shape index (κ3) is 5.65. The van der Waals surface area contributed by atoms with Crippen molar-refractivity contribution in [1.29, 1.82) is 0 Å². The molecule has 0 bridgehead atoms. The number of hydrogen-bond acceptors (Lipinski definition) is 11. The summed E-state index contributed by atoms with van der Waals surface area (Å²) in [6, 6.07) is 3.12. The smallest absolute Gasteiger partial charge is 0.315 e. The number of amides is 2. The molecule has 0 radical (unpaired) electrons. The molecule has 3 aliphatic rings. The highest BCUT2D eigenvalue weighted by molar-refractivity contribution is 6.31. The molecule has 242 valence electrons. The van der Waals surface area contributed by atoms with Crippen molar-refractivity contribution in [3.05, 3.63) is 51.6 Å². The van der Waals surface area contributed by atoms with E-state index in [9.17, 15) is 39.6 Å². The number of unbranched alkanes of at least 4 members (excludes halogenated alkanes) is 1. The van der Waals surface area contributed by atoms with E-state index in [0.29, 0.717) is 6.54 Å². The maximum atomic E-state index is 13.8. The highest BCUT2D eigenvalue weighted by Gasteiger charge is 2.49. The van der Waals surface area contributed by atoms with Crippen LogP contribution in [0.1, 0.15) is 95.5 Å². The van der Waals surface area contributed by atoms with E-state index in [2.05, 4.69) is 10.6 Å². The Bertz CT molecular complexity index is 1560. The van der Waals surface area contributed by atoms with Crippen LogP contribution in [-0.2, 0) is 20.7 Å². The number of carbonyl (C=O) groups is 4. The van der Waals surface area contributed by atoms with Gasteiger partial charge in [-0.15, -0.1) is 0 Å². The van der Waals surface area contributed by atoms with E-state index in [0.717, 1.165) is 12.8 Å². The normalized spacial score (nSPS) is 27.2. The van der Waals surface area contributed by atoms with Crippen molar-refractivity contribution in [3.8, 4) is 17.2 Å². The maximum absolute atomic E-state index is 13.8. The molecule has 1 fully saturated rings. The summed E-state index contributed by atoms with van der Waals surface area (Å²) in [7, 11) is 1.33. The quantitative estimate of drug-likeness (QED) is 0.158. The van der Waals surface area contributed by atoms with Gasteiger partial charge in [0, 0.05) is 42.5 Å². The van der Waals surface area contributed by atoms with Crippen LogP contribution in [-0.4, -0.2) is 87.6 Å². The van der Waals surface area contributed by atoms with Gasteiger partial charge in [-0.25, -0.2) is 4.79 Å². The van der Waals surface area contributed by atoms with Gasteiger partial charge >= 0.3 is 6.03 Å². The summed E-state index contributed by atoms with van der Waals surface area (Å²) in [5, 5.41) is 50.7. The van der Waals surface area contributed by atoms with E-state index in [-0.39, 0.29) is 40.8 Å². The van der Waals surface area contributed by atoms with Crippen molar-refractivity contribution in [3.63, 3.8) is 0 Å². The molecule has 13 nitrogen and oxygen atoms in total. The Morgan fingerprint density at radius 3 is 2.49 bits per heavy atom. The lowest BCUT2D eigenvalue weighted by Crippen LogP contribution is -2.57. The average molecular weight is 627 g/mol. The number of ether oxygens (including phenoxy) is 3. The van der Waals surface area contributed by atoms with Crippen molar-refractivity contribution >= 4 is 23.4 Å². The van der Waals surface area contributed by atoms with Crippen molar-refractivity contribution in [2.24, 2.45) is 0 Å². The highest BCUT2D eigenvalue weighted by atomic mass is 16.7. The molecule has 45 heavy (non-hydrogen) atoms. The number of urea groups is 1. The van der Waals surface area contributed by atoms with Gasteiger partial charge in [0.15, 0.2) is 17.9 Å². The molecule has 6 atom stereocenters. The van der Waals surface area contributed by atoms with Crippen LogP contribution < -0.4 is 15.4 Å². The summed E-state index contributed by atoms with van der Waals surface area (Å²) in [6.45, 7) is 5.18. The molecule has 0 spiro atoms. The fraction of sp³-hybridized carbons (Fsp3) is 0.500. The predicted molar refractivity (Wildman–Crippen MR) is 158 cm³/mol. The summed E-state index contributed by atoms with van der Waals surface area (Å²) in [6.07, 6.45) is -3.55. The number of fused-ring (bicyclic) bond motifs is 3. The van der Waals surface area contributed by atoms with Crippen LogP contribution in [0.5, 0.6) is 17.2 Å². The second-order valence-electron chi connectivity index (χ2n) is 11.8. The number of benzene rings is 2. The second kappa shape index (κ2) is 12.4. The van der Waals surface area contributed by atoms with Gasteiger partial charge in [0.25, 0.3) is 0 Å². The Morgan fingerprint density at radius 1 is 1.11 bits per heavy atom. The van der Waals surface area contributed by atoms with Crippen LogP contribution in [0.15, 0.2) is 18.2 Å². The molecule has 2 aromatic carbocycles. The summed E-state index contributed by atoms with van der Waals surface area (Å²) < 4.78 is 17.4. The van der Waals surface area contributed by atoms with E-state index in [1.165, 1.54) is 32.2 Å². The number of ketones is 3. The Labute approximate surface area is 259 Å². The largest absolute Gasteiger partial charge is 0.507 e. The summed E-state index contributed by atoms with van der Waals surface area (Å²) in [4.78, 5) is 52.6. The number of rotatable bonds is 8. The fourth-order valence-corrected chi connectivity index (χ4v) is 6.37. The Kier molecular flexibility index (Phi) is 8.91. The van der Waals surface area contributed by atoms with Crippen LogP contribution in [0.2, 0.25) is 0 Å². The van der Waals surface area contributed by atoms with E-state index >= 15 is 0 Å². The first kappa shape index (κ1) is 32.4. The molecule has 6 N–H and O–H groups in total. The van der Waals surface area contributed by atoms with Crippen LogP contribution in [0.25, 0.3) is 0 Å². The molecule has 1 aliphatic heterocycles. The molecule has 1 saturated heterocycles. The molecule has 1 heterocycles. The molecular weight excluding hydrogens is 588 g/mol. The molecular formula is C32H38N2O11. The van der Waals surface area contributed by atoms with Crippen LogP contribution in [0.4, 0.5) is 4.79 Å². The van der Waals surface area contributed by atoms with Gasteiger partial charge in [0.2, 0.25) is 5.78 Å². The van der Waals surface area contributed by atoms with Gasteiger partial charge in [0.05, 0.1) is 42.0 Å². The van der Waals surface area contributed by atoms with Gasteiger partial charge in [-0.3, -0.25) is 14.4 Å². The number of Topliss-reactive ketones (excluding diaryl/α,β-unsaturated/α-hetero) is 1. The fourth-order valence-electron chi connectivity index (χ4n) is 6.37. The number of hydrogen-bond donors (Lipinski definition) is 6. The molecule has 13 heteroatoms. The van der Waals surface area contributed by atoms with Crippen LogP contribution >= 0.6 is 0 Å². The number of aliphatic hydroxyl groups excluding tert-OH is 1. The predicted octanol–water partition coefficient (Wildman–Crippen LogP) is 2.17. The molecule has 5 rings (SSSR count). The third-order valence-electron chi connectivity index (χ3n) is 8.89. The molecule has 2 aromatic rings. The first-order chi connectivity index (χ1) is 21.3. The minimum Gasteiger partial charge on any atom is -0.507 e. The summed E-state index contributed by atoms with van der Waals surface area (Å²) in [5.74, 6) is -3.35. The van der Waals surface area contributed by atoms with Gasteiger partial charge in [-0.1, -0.05) is 25.5 Å². The Morgan fingerprint density at radius 2 is 1.82 bits per heavy atom. The van der Waals surface area contributed by atoms with Crippen LogP contribution in [0, 0.1) is 0 Å². The number of methoxy groups -OCH3 is 1. The van der Waals surface area contributed by atoms with Gasteiger partial charge in [-0.2, -0.15) is 0 Å². The number of carbonyl (C=O) groups excluding carboxylic acids is 4. The number of phenolic OH excluding ortho intramolecular Hbond substituents is 2. The van der Waals surface area contributed by atoms with E-state index < -0.39 is 88.7 Å².